The largest absolute Gasteiger partial charge is 0.487 e. The Balaban J connectivity index is 1.51. The van der Waals surface area contributed by atoms with Crippen LogP contribution in [0.1, 0.15) is 16.0 Å². The van der Waals surface area contributed by atoms with Crippen molar-refractivity contribution in [2.45, 2.75) is 20.0 Å². The van der Waals surface area contributed by atoms with E-state index in [-0.39, 0.29) is 5.91 Å². The highest BCUT2D eigenvalue weighted by Gasteiger charge is 2.22. The van der Waals surface area contributed by atoms with Crippen LogP contribution < -0.4 is 10.1 Å². The fourth-order valence-electron chi connectivity index (χ4n) is 2.70. The van der Waals surface area contributed by atoms with E-state index >= 15 is 0 Å². The minimum Gasteiger partial charge on any atom is -0.487 e. The third-order valence-corrected chi connectivity index (χ3v) is 4.87. The van der Waals surface area contributed by atoms with E-state index in [0.717, 1.165) is 27.4 Å². The van der Waals surface area contributed by atoms with Gasteiger partial charge in [0.05, 0.1) is 17.0 Å². The number of para-hydroxylation sites is 1. The van der Waals surface area contributed by atoms with Gasteiger partial charge in [-0.05, 0) is 24.6 Å². The number of amides is 1. The molecule has 0 spiro atoms. The maximum Gasteiger partial charge on any atom is 0.230 e. The molecule has 3 aromatic rings. The van der Waals surface area contributed by atoms with E-state index < -0.39 is 0 Å². The molecule has 0 bridgehead atoms. The monoisotopic (exact) mass is 336 g/mol. The van der Waals surface area contributed by atoms with E-state index in [2.05, 4.69) is 10.3 Å². The summed E-state index contributed by atoms with van der Waals surface area (Å²) in [4.78, 5) is 17.9. The van der Waals surface area contributed by atoms with Gasteiger partial charge in [-0.25, -0.2) is 4.98 Å². The predicted octanol–water partition coefficient (Wildman–Crippen LogP) is 4.19. The van der Waals surface area contributed by atoms with Crippen LogP contribution in [0.4, 0.5) is 5.13 Å². The molecule has 1 amide bonds. The van der Waals surface area contributed by atoms with Crippen LogP contribution in [0.5, 0.6) is 5.75 Å². The molecule has 0 atom stereocenters. The fourth-order valence-corrected chi connectivity index (χ4v) is 3.61. The van der Waals surface area contributed by atoms with Crippen molar-refractivity contribution in [3.63, 3.8) is 0 Å². The van der Waals surface area contributed by atoms with Gasteiger partial charge in [-0.2, -0.15) is 0 Å². The van der Waals surface area contributed by atoms with Gasteiger partial charge >= 0.3 is 0 Å². The average Bonchev–Trinajstić information content (AvgIpc) is 2.99. The van der Waals surface area contributed by atoms with Gasteiger partial charge < -0.3 is 10.1 Å². The van der Waals surface area contributed by atoms with E-state index in [0.29, 0.717) is 18.2 Å². The number of rotatable bonds is 3. The highest BCUT2D eigenvalue weighted by Crippen LogP contribution is 2.40. The normalized spacial score (nSPS) is 12.0. The number of anilines is 1. The molecule has 4 nitrogen and oxygen atoms in total. The molecule has 1 aromatic heterocycles. The van der Waals surface area contributed by atoms with Crippen LogP contribution in [-0.4, -0.2) is 10.9 Å². The number of carbonyl (C=O) groups is 1. The molecular weight excluding hydrogens is 320 g/mol. The second-order valence-corrected chi connectivity index (χ2v) is 6.87. The van der Waals surface area contributed by atoms with Crippen LogP contribution in [0, 0.1) is 6.92 Å². The summed E-state index contributed by atoms with van der Waals surface area (Å²) in [5, 5.41) is 3.53. The number of carbonyl (C=O) groups excluding carboxylic acids is 1. The summed E-state index contributed by atoms with van der Waals surface area (Å²) >= 11 is 1.47. The van der Waals surface area contributed by atoms with Gasteiger partial charge in [-0.1, -0.05) is 53.3 Å². The Morgan fingerprint density at radius 1 is 1.21 bits per heavy atom. The fraction of sp³-hybridized carbons (Fsp3) is 0.158. The highest BCUT2D eigenvalue weighted by molar-refractivity contribution is 7.16. The van der Waals surface area contributed by atoms with Crippen molar-refractivity contribution >= 4 is 22.4 Å². The molecule has 0 unspecified atom stereocenters. The number of hydrogen-bond acceptors (Lipinski definition) is 4. The lowest BCUT2D eigenvalue weighted by Crippen LogP contribution is -2.14. The second kappa shape index (κ2) is 6.09. The minimum atomic E-state index is -0.0563. The van der Waals surface area contributed by atoms with Gasteiger partial charge in [0.25, 0.3) is 0 Å². The lowest BCUT2D eigenvalue weighted by Gasteiger charge is -2.15. The third kappa shape index (κ3) is 2.90. The molecule has 1 aliphatic rings. The summed E-state index contributed by atoms with van der Waals surface area (Å²) in [6.45, 7) is 2.53. The van der Waals surface area contributed by atoms with E-state index in [1.165, 1.54) is 16.9 Å². The topological polar surface area (TPSA) is 51.2 Å². The Hall–Kier alpha value is -2.66. The van der Waals surface area contributed by atoms with Gasteiger partial charge in [-0.15, -0.1) is 0 Å². The molecule has 0 aliphatic carbocycles. The Kier molecular flexibility index (Phi) is 3.78. The van der Waals surface area contributed by atoms with E-state index in [4.69, 9.17) is 4.74 Å². The zero-order chi connectivity index (χ0) is 16.5. The van der Waals surface area contributed by atoms with Gasteiger partial charge in [0.2, 0.25) is 5.91 Å². The molecule has 2 aromatic carbocycles. The van der Waals surface area contributed by atoms with Crippen LogP contribution in [0.25, 0.3) is 11.3 Å². The van der Waals surface area contributed by atoms with Crippen molar-refractivity contribution in [2.75, 3.05) is 5.32 Å². The van der Waals surface area contributed by atoms with Crippen molar-refractivity contribution in [2.24, 2.45) is 0 Å². The molecule has 1 N–H and O–H groups in total. The van der Waals surface area contributed by atoms with Crippen LogP contribution in [0.2, 0.25) is 0 Å². The Morgan fingerprint density at radius 3 is 2.83 bits per heavy atom. The number of benzene rings is 2. The van der Waals surface area contributed by atoms with Gasteiger partial charge in [-0.3, -0.25) is 4.79 Å². The first-order chi connectivity index (χ1) is 11.7. The number of nitrogens with zero attached hydrogens (tertiary/aromatic N) is 1. The lowest BCUT2D eigenvalue weighted by molar-refractivity contribution is -0.115. The van der Waals surface area contributed by atoms with Crippen molar-refractivity contribution in [1.29, 1.82) is 0 Å². The standard InChI is InChI=1S/C19H16N2O2S/c1-12-6-8-13(9-7-12)10-17(22)20-19-21-18-14-4-2-3-5-15(14)23-11-16(18)24-19/h2-9H,10-11H2,1H3,(H,20,21,22). The van der Waals surface area contributed by atoms with Crippen molar-refractivity contribution in [3.05, 3.63) is 64.5 Å². The van der Waals surface area contributed by atoms with E-state index in [1.54, 1.807) is 0 Å². The summed E-state index contributed by atoms with van der Waals surface area (Å²) in [5.41, 5.74) is 4.07. The molecule has 120 valence electrons. The Labute approximate surface area is 144 Å². The first-order valence-electron chi connectivity index (χ1n) is 7.76. The number of aryl methyl sites for hydroxylation is 1. The van der Waals surface area contributed by atoms with E-state index in [9.17, 15) is 4.79 Å². The van der Waals surface area contributed by atoms with Crippen LogP contribution in [0.15, 0.2) is 48.5 Å². The first-order valence-corrected chi connectivity index (χ1v) is 8.58. The molecule has 0 radical (unpaired) electrons. The van der Waals surface area contributed by atoms with Crippen LogP contribution in [0.3, 0.4) is 0 Å². The van der Waals surface area contributed by atoms with Crippen LogP contribution >= 0.6 is 11.3 Å². The number of thiazole rings is 1. The minimum absolute atomic E-state index is 0.0563. The predicted molar refractivity (Wildman–Crippen MR) is 95.4 cm³/mol. The highest BCUT2D eigenvalue weighted by atomic mass is 32.1. The summed E-state index contributed by atoms with van der Waals surface area (Å²) < 4.78 is 5.73. The quantitative estimate of drug-likeness (QED) is 0.780. The molecule has 1 aliphatic heterocycles. The molecular formula is C19H16N2O2S. The Bertz CT molecular complexity index is 900. The number of ether oxygens (including phenoxy) is 1. The number of aromatic nitrogens is 1. The average molecular weight is 336 g/mol. The van der Waals surface area contributed by atoms with Gasteiger partial charge in [0.1, 0.15) is 12.4 Å². The first kappa shape index (κ1) is 14.9. The Morgan fingerprint density at radius 2 is 2.00 bits per heavy atom. The summed E-state index contributed by atoms with van der Waals surface area (Å²) in [5.74, 6) is 0.784. The zero-order valence-electron chi connectivity index (χ0n) is 13.2. The molecule has 0 saturated carbocycles. The molecule has 0 saturated heterocycles. The molecule has 24 heavy (non-hydrogen) atoms. The SMILES string of the molecule is Cc1ccc(CC(=O)Nc2nc3c(s2)COc2ccccc2-3)cc1. The summed E-state index contributed by atoms with van der Waals surface area (Å²) in [6.07, 6.45) is 0.345. The molecule has 4 rings (SSSR count). The van der Waals surface area contributed by atoms with Crippen molar-refractivity contribution in [1.82, 2.24) is 4.98 Å². The second-order valence-electron chi connectivity index (χ2n) is 5.79. The number of fused-ring (bicyclic) bond motifs is 3. The van der Waals surface area contributed by atoms with Crippen molar-refractivity contribution in [3.8, 4) is 17.0 Å². The van der Waals surface area contributed by atoms with E-state index in [1.807, 2.05) is 55.5 Å². The van der Waals surface area contributed by atoms with Gasteiger partial charge in [0, 0.05) is 5.56 Å². The maximum atomic E-state index is 12.2. The summed E-state index contributed by atoms with van der Waals surface area (Å²) in [7, 11) is 0. The van der Waals surface area contributed by atoms with Crippen molar-refractivity contribution < 1.29 is 9.53 Å². The third-order valence-electron chi connectivity index (χ3n) is 3.93. The molecule has 2 heterocycles. The number of hydrogen-bond donors (Lipinski definition) is 1. The van der Waals surface area contributed by atoms with Gasteiger partial charge in [0.15, 0.2) is 5.13 Å². The molecule has 5 heteroatoms. The number of nitrogens with one attached hydrogen (secondary N) is 1. The smallest absolute Gasteiger partial charge is 0.230 e. The zero-order valence-corrected chi connectivity index (χ0v) is 14.0. The molecule has 0 fully saturated rings. The maximum absolute atomic E-state index is 12.2. The lowest BCUT2D eigenvalue weighted by atomic mass is 10.1. The van der Waals surface area contributed by atoms with Crippen LogP contribution in [-0.2, 0) is 17.8 Å². The summed E-state index contributed by atoms with van der Waals surface area (Å²) in [6, 6.07) is 15.8.